The van der Waals surface area contributed by atoms with Crippen LogP contribution < -0.4 is 10.0 Å². The number of carbonyl (C=O) groups excluding carboxylic acids is 1. The summed E-state index contributed by atoms with van der Waals surface area (Å²) in [6.07, 6.45) is 0.0713. The standard InChI is InChI=1S/C20H27N3O3S/c1-16-9-11-18(12-10-16)27(25,26)21-14-13-20(24)22-19(15-23(2)3)17-7-5-4-6-8-17/h4-12,19,21H,13-15H2,1-3H3,(H,22,24)/t19-/m0/s1. The third kappa shape index (κ3) is 6.78. The monoisotopic (exact) mass is 389 g/mol. The second-order valence-corrected chi connectivity index (χ2v) is 8.52. The van der Waals surface area contributed by atoms with Gasteiger partial charge in [0.1, 0.15) is 0 Å². The Labute approximate surface area is 161 Å². The number of hydrogen-bond donors (Lipinski definition) is 2. The fourth-order valence-electron chi connectivity index (χ4n) is 2.65. The molecule has 1 amide bonds. The van der Waals surface area contributed by atoms with Crippen molar-refractivity contribution in [3.8, 4) is 0 Å². The molecule has 0 bridgehead atoms. The highest BCUT2D eigenvalue weighted by atomic mass is 32.2. The molecule has 0 saturated carbocycles. The summed E-state index contributed by atoms with van der Waals surface area (Å²) in [7, 11) is 0.274. The lowest BCUT2D eigenvalue weighted by Gasteiger charge is -2.23. The molecule has 2 aromatic rings. The van der Waals surface area contributed by atoms with E-state index < -0.39 is 10.0 Å². The zero-order valence-electron chi connectivity index (χ0n) is 16.0. The number of benzene rings is 2. The Morgan fingerprint density at radius 1 is 1.04 bits per heavy atom. The van der Waals surface area contributed by atoms with E-state index in [1.807, 2.05) is 56.3 Å². The summed E-state index contributed by atoms with van der Waals surface area (Å²) in [5.74, 6) is -0.197. The van der Waals surface area contributed by atoms with Crippen LogP contribution in [0, 0.1) is 6.92 Å². The molecular formula is C20H27N3O3S. The molecule has 7 heteroatoms. The lowest BCUT2D eigenvalue weighted by Crippen LogP contribution is -2.37. The molecule has 2 rings (SSSR count). The Morgan fingerprint density at radius 2 is 1.67 bits per heavy atom. The Balaban J connectivity index is 1.91. The second-order valence-electron chi connectivity index (χ2n) is 6.75. The highest BCUT2D eigenvalue weighted by Gasteiger charge is 2.17. The second kappa shape index (κ2) is 9.64. The molecule has 0 saturated heterocycles. The molecule has 0 aliphatic carbocycles. The maximum atomic E-state index is 12.3. The molecule has 0 spiro atoms. The maximum absolute atomic E-state index is 12.3. The van der Waals surface area contributed by atoms with E-state index in [9.17, 15) is 13.2 Å². The van der Waals surface area contributed by atoms with Crippen molar-refractivity contribution in [1.82, 2.24) is 14.9 Å². The summed E-state index contributed by atoms with van der Waals surface area (Å²) < 4.78 is 27.0. The maximum Gasteiger partial charge on any atom is 0.240 e. The molecule has 1 atom stereocenters. The van der Waals surface area contributed by atoms with Crippen molar-refractivity contribution in [2.24, 2.45) is 0 Å². The predicted octanol–water partition coefficient (Wildman–Crippen LogP) is 2.08. The van der Waals surface area contributed by atoms with Crippen molar-refractivity contribution >= 4 is 15.9 Å². The molecule has 2 N–H and O–H groups in total. The molecule has 0 aliphatic heterocycles. The van der Waals surface area contributed by atoms with Gasteiger partial charge in [-0.15, -0.1) is 0 Å². The minimum Gasteiger partial charge on any atom is -0.348 e. The van der Waals surface area contributed by atoms with Crippen molar-refractivity contribution in [3.05, 3.63) is 65.7 Å². The van der Waals surface area contributed by atoms with Crippen LogP contribution in [0.15, 0.2) is 59.5 Å². The molecule has 6 nitrogen and oxygen atoms in total. The summed E-state index contributed by atoms with van der Waals surface area (Å²) in [5.41, 5.74) is 2.00. The molecule has 146 valence electrons. The summed E-state index contributed by atoms with van der Waals surface area (Å²) in [5, 5.41) is 2.98. The van der Waals surface area contributed by atoms with Crippen molar-refractivity contribution in [2.45, 2.75) is 24.3 Å². The number of sulfonamides is 1. The topological polar surface area (TPSA) is 78.5 Å². The first kappa shape index (κ1) is 21.1. The smallest absolute Gasteiger partial charge is 0.240 e. The van der Waals surface area contributed by atoms with E-state index >= 15 is 0 Å². The zero-order valence-corrected chi connectivity index (χ0v) is 16.8. The highest BCUT2D eigenvalue weighted by molar-refractivity contribution is 7.89. The van der Waals surface area contributed by atoms with Crippen LogP contribution >= 0.6 is 0 Å². The van der Waals surface area contributed by atoms with Gasteiger partial charge in [-0.2, -0.15) is 0 Å². The number of nitrogens with zero attached hydrogens (tertiary/aromatic N) is 1. The van der Waals surface area contributed by atoms with Gasteiger partial charge < -0.3 is 10.2 Å². The normalized spacial score (nSPS) is 12.7. The number of nitrogens with one attached hydrogen (secondary N) is 2. The number of rotatable bonds is 9. The van der Waals surface area contributed by atoms with Crippen molar-refractivity contribution in [2.75, 3.05) is 27.2 Å². The summed E-state index contributed by atoms with van der Waals surface area (Å²) >= 11 is 0. The van der Waals surface area contributed by atoms with Gasteiger partial charge >= 0.3 is 0 Å². The first-order valence-electron chi connectivity index (χ1n) is 8.83. The van der Waals surface area contributed by atoms with Crippen LogP contribution in [0.25, 0.3) is 0 Å². The van der Waals surface area contributed by atoms with Gasteiger partial charge in [-0.05, 0) is 38.7 Å². The molecule has 27 heavy (non-hydrogen) atoms. The van der Waals surface area contributed by atoms with Crippen LogP contribution in [0.1, 0.15) is 23.6 Å². The lowest BCUT2D eigenvalue weighted by molar-refractivity contribution is -0.121. The van der Waals surface area contributed by atoms with Crippen LogP contribution in [0.5, 0.6) is 0 Å². The largest absolute Gasteiger partial charge is 0.348 e. The van der Waals surface area contributed by atoms with Gasteiger partial charge in [-0.3, -0.25) is 4.79 Å². The number of aryl methyl sites for hydroxylation is 1. The third-order valence-corrected chi connectivity index (χ3v) is 5.54. The van der Waals surface area contributed by atoms with Crippen LogP contribution in [-0.4, -0.2) is 46.4 Å². The van der Waals surface area contributed by atoms with Gasteiger partial charge in [-0.1, -0.05) is 48.0 Å². The van der Waals surface area contributed by atoms with Crippen LogP contribution in [0.4, 0.5) is 0 Å². The quantitative estimate of drug-likeness (QED) is 0.688. The summed E-state index contributed by atoms with van der Waals surface area (Å²) in [4.78, 5) is 14.5. The molecule has 0 unspecified atom stereocenters. The Kier molecular flexibility index (Phi) is 7.53. The Hall–Kier alpha value is -2.22. The zero-order chi connectivity index (χ0) is 19.9. The SMILES string of the molecule is Cc1ccc(S(=O)(=O)NCCC(=O)N[C@@H](CN(C)C)c2ccccc2)cc1. The minimum atomic E-state index is -3.61. The number of hydrogen-bond acceptors (Lipinski definition) is 4. The van der Waals surface area contributed by atoms with Gasteiger partial charge in [-0.25, -0.2) is 13.1 Å². The average Bonchev–Trinajstić information content (AvgIpc) is 2.62. The fourth-order valence-corrected chi connectivity index (χ4v) is 3.68. The van der Waals surface area contributed by atoms with E-state index in [4.69, 9.17) is 0 Å². The number of amides is 1. The van der Waals surface area contributed by atoms with Gasteiger partial charge in [0, 0.05) is 19.5 Å². The molecule has 0 heterocycles. The van der Waals surface area contributed by atoms with Crippen LogP contribution in [0.3, 0.4) is 0 Å². The van der Waals surface area contributed by atoms with Gasteiger partial charge in [0.2, 0.25) is 15.9 Å². The minimum absolute atomic E-state index is 0.0471. The van der Waals surface area contributed by atoms with E-state index in [0.717, 1.165) is 11.1 Å². The highest BCUT2D eigenvalue weighted by Crippen LogP contribution is 2.14. The van der Waals surface area contributed by atoms with E-state index in [0.29, 0.717) is 6.54 Å². The van der Waals surface area contributed by atoms with Gasteiger partial charge in [0.15, 0.2) is 0 Å². The van der Waals surface area contributed by atoms with Gasteiger partial charge in [0.05, 0.1) is 10.9 Å². The van der Waals surface area contributed by atoms with Crippen molar-refractivity contribution < 1.29 is 13.2 Å². The summed E-state index contributed by atoms with van der Waals surface area (Å²) in [6.45, 7) is 2.60. The first-order valence-corrected chi connectivity index (χ1v) is 10.3. The van der Waals surface area contributed by atoms with E-state index in [2.05, 4.69) is 10.0 Å². The first-order chi connectivity index (χ1) is 12.8. The molecule has 2 aromatic carbocycles. The molecular weight excluding hydrogens is 362 g/mol. The molecule has 0 radical (unpaired) electrons. The van der Waals surface area contributed by atoms with Gasteiger partial charge in [0.25, 0.3) is 0 Å². The lowest BCUT2D eigenvalue weighted by atomic mass is 10.1. The summed E-state index contributed by atoms with van der Waals surface area (Å²) in [6, 6.07) is 16.2. The van der Waals surface area contributed by atoms with E-state index in [1.54, 1.807) is 24.3 Å². The number of likely N-dealkylation sites (N-methyl/N-ethyl adjacent to an activating group) is 1. The van der Waals surface area contributed by atoms with Crippen LogP contribution in [-0.2, 0) is 14.8 Å². The third-order valence-electron chi connectivity index (χ3n) is 4.06. The van der Waals surface area contributed by atoms with Crippen LogP contribution in [0.2, 0.25) is 0 Å². The van der Waals surface area contributed by atoms with E-state index in [1.165, 1.54) is 0 Å². The Morgan fingerprint density at radius 3 is 2.26 bits per heavy atom. The Bertz CT molecular complexity index is 835. The van der Waals surface area contributed by atoms with E-state index in [-0.39, 0.29) is 29.8 Å². The molecule has 0 fully saturated rings. The average molecular weight is 390 g/mol. The molecule has 0 aromatic heterocycles. The number of carbonyl (C=O) groups is 1. The van der Waals surface area contributed by atoms with Crippen molar-refractivity contribution in [3.63, 3.8) is 0 Å². The van der Waals surface area contributed by atoms with Crippen molar-refractivity contribution in [1.29, 1.82) is 0 Å². The molecule has 0 aliphatic rings. The fraction of sp³-hybridized carbons (Fsp3) is 0.350. The predicted molar refractivity (Wildman–Crippen MR) is 107 cm³/mol.